The fourth-order valence-electron chi connectivity index (χ4n) is 1.46. The van der Waals surface area contributed by atoms with E-state index in [-0.39, 0.29) is 23.8 Å². The molecule has 0 amide bonds. The van der Waals surface area contributed by atoms with Crippen molar-refractivity contribution in [1.29, 1.82) is 0 Å². The van der Waals surface area contributed by atoms with Crippen molar-refractivity contribution < 1.29 is 19.1 Å². The van der Waals surface area contributed by atoms with Gasteiger partial charge in [0.25, 0.3) is 0 Å². The molecule has 1 aromatic rings. The van der Waals surface area contributed by atoms with E-state index in [9.17, 15) is 9.59 Å². The summed E-state index contributed by atoms with van der Waals surface area (Å²) in [6, 6.07) is 0. The number of carbonyl (C=O) groups is 2. The van der Waals surface area contributed by atoms with Crippen LogP contribution in [0.2, 0.25) is 0 Å². The first-order valence-electron chi connectivity index (χ1n) is 6.39. The second kappa shape index (κ2) is 8.20. The predicted molar refractivity (Wildman–Crippen MR) is 80.0 cm³/mol. The zero-order valence-corrected chi connectivity index (χ0v) is 13.0. The van der Waals surface area contributed by atoms with Crippen molar-refractivity contribution >= 4 is 35.1 Å². The molecule has 1 aromatic heterocycles. The predicted octanol–water partition coefficient (Wildman–Crippen LogP) is 0.446. The van der Waals surface area contributed by atoms with Crippen LogP contribution in [-0.4, -0.2) is 46.6 Å². The number of carbonyl (C=O) groups excluding carboxylic acids is 2. The van der Waals surface area contributed by atoms with Gasteiger partial charge in [0.2, 0.25) is 0 Å². The zero-order valence-electron chi connectivity index (χ0n) is 12.1. The van der Waals surface area contributed by atoms with Gasteiger partial charge in [-0.15, -0.1) is 0 Å². The van der Waals surface area contributed by atoms with Crippen LogP contribution in [0.4, 0.5) is 5.82 Å². The first-order valence-corrected chi connectivity index (χ1v) is 6.80. The maximum atomic E-state index is 11.8. The zero-order chi connectivity index (χ0) is 15.8. The highest BCUT2D eigenvalue weighted by molar-refractivity contribution is 7.80. The summed E-state index contributed by atoms with van der Waals surface area (Å²) in [5, 5.41) is 9.64. The molecule has 0 fully saturated rings. The Morgan fingerprint density at radius 2 is 2.00 bits per heavy atom. The number of rotatable bonds is 6. The second-order valence-corrected chi connectivity index (χ2v) is 4.27. The highest BCUT2D eigenvalue weighted by Gasteiger charge is 2.18. The van der Waals surface area contributed by atoms with Gasteiger partial charge in [-0.3, -0.25) is 9.48 Å². The van der Waals surface area contributed by atoms with Crippen LogP contribution in [0.25, 0.3) is 0 Å². The Labute approximate surface area is 127 Å². The molecule has 1 rings (SSSR count). The Bertz CT molecular complexity index is 529. The molecule has 0 atom stereocenters. The number of nitrogens with zero attached hydrogens (tertiary/aromatic N) is 2. The van der Waals surface area contributed by atoms with Gasteiger partial charge in [0.05, 0.1) is 19.4 Å². The first-order chi connectivity index (χ1) is 9.99. The van der Waals surface area contributed by atoms with E-state index in [0.717, 1.165) is 0 Å². The van der Waals surface area contributed by atoms with Gasteiger partial charge in [-0.1, -0.05) is 0 Å². The summed E-state index contributed by atoms with van der Waals surface area (Å²) in [5.41, 5.74) is 0.264. The minimum absolute atomic E-state index is 0.0632. The molecular weight excluding hydrogens is 296 g/mol. The number of ether oxygens (including phenoxy) is 2. The number of thiocarbonyl (C=S) groups is 1. The number of hydrogen-bond acceptors (Lipinski definition) is 6. The van der Waals surface area contributed by atoms with E-state index in [1.807, 2.05) is 0 Å². The maximum absolute atomic E-state index is 11.8. The van der Waals surface area contributed by atoms with Crippen LogP contribution in [-0.2, 0) is 21.3 Å². The molecule has 0 aromatic carbocycles. The number of esters is 2. The van der Waals surface area contributed by atoms with Crippen molar-refractivity contribution in [3.8, 4) is 0 Å². The van der Waals surface area contributed by atoms with Gasteiger partial charge in [0.15, 0.2) is 5.11 Å². The molecule has 0 radical (unpaired) electrons. The molecule has 0 unspecified atom stereocenters. The Balaban J connectivity index is 2.65. The third-order valence-electron chi connectivity index (χ3n) is 2.36. The highest BCUT2D eigenvalue weighted by Crippen LogP contribution is 2.15. The molecule has 2 N–H and O–H groups in total. The molecule has 116 valence electrons. The Kier molecular flexibility index (Phi) is 6.60. The van der Waals surface area contributed by atoms with E-state index in [1.165, 1.54) is 10.9 Å². The van der Waals surface area contributed by atoms with Crippen molar-refractivity contribution in [2.45, 2.75) is 13.8 Å². The molecule has 1 heterocycles. The van der Waals surface area contributed by atoms with Crippen molar-refractivity contribution in [3.63, 3.8) is 0 Å². The van der Waals surface area contributed by atoms with Gasteiger partial charge in [-0.05, 0) is 26.1 Å². The number of aryl methyl sites for hydroxylation is 1. The summed E-state index contributed by atoms with van der Waals surface area (Å²) in [6.45, 7) is 3.93. The standard InChI is InChI=1S/C12H18N4O4S/c1-4-19-9(17)7-13-12(21)15-10-8(6-14-16(10)3)11(18)20-5-2/h6H,4-5,7H2,1-3H3,(H2,13,15,21). The van der Waals surface area contributed by atoms with Crippen LogP contribution in [0.3, 0.4) is 0 Å². The molecule has 0 bridgehead atoms. The lowest BCUT2D eigenvalue weighted by Crippen LogP contribution is -2.34. The Morgan fingerprint density at radius 1 is 1.33 bits per heavy atom. The average Bonchev–Trinajstić information content (AvgIpc) is 2.79. The van der Waals surface area contributed by atoms with E-state index in [0.29, 0.717) is 12.4 Å². The van der Waals surface area contributed by atoms with Gasteiger partial charge >= 0.3 is 11.9 Å². The number of hydrogen-bond donors (Lipinski definition) is 2. The molecule has 0 aliphatic heterocycles. The fourth-order valence-corrected chi connectivity index (χ4v) is 1.63. The molecule has 9 heteroatoms. The normalized spacial score (nSPS) is 9.86. The minimum atomic E-state index is -0.499. The molecule has 0 saturated heterocycles. The van der Waals surface area contributed by atoms with Crippen LogP contribution in [0.1, 0.15) is 24.2 Å². The van der Waals surface area contributed by atoms with Gasteiger partial charge < -0.3 is 20.1 Å². The minimum Gasteiger partial charge on any atom is -0.465 e. The maximum Gasteiger partial charge on any atom is 0.343 e. The average molecular weight is 314 g/mol. The molecule has 0 spiro atoms. The highest BCUT2D eigenvalue weighted by atomic mass is 32.1. The molecular formula is C12H18N4O4S. The largest absolute Gasteiger partial charge is 0.465 e. The lowest BCUT2D eigenvalue weighted by molar-refractivity contribution is -0.141. The van der Waals surface area contributed by atoms with Crippen molar-refractivity contribution in [3.05, 3.63) is 11.8 Å². The fraction of sp³-hybridized carbons (Fsp3) is 0.500. The summed E-state index contributed by atoms with van der Waals surface area (Å²) < 4.78 is 11.1. The van der Waals surface area contributed by atoms with Crippen LogP contribution in [0.15, 0.2) is 6.20 Å². The molecule has 0 aliphatic rings. The lowest BCUT2D eigenvalue weighted by atomic mass is 10.3. The van der Waals surface area contributed by atoms with E-state index in [1.54, 1.807) is 20.9 Å². The van der Waals surface area contributed by atoms with Crippen LogP contribution in [0.5, 0.6) is 0 Å². The van der Waals surface area contributed by atoms with Gasteiger partial charge in [-0.2, -0.15) is 5.10 Å². The number of aromatic nitrogens is 2. The van der Waals surface area contributed by atoms with Crippen LogP contribution < -0.4 is 10.6 Å². The lowest BCUT2D eigenvalue weighted by Gasteiger charge is -2.11. The van der Waals surface area contributed by atoms with Crippen LogP contribution >= 0.6 is 12.2 Å². The summed E-state index contributed by atoms with van der Waals surface area (Å²) in [6.07, 6.45) is 1.38. The first kappa shape index (κ1) is 16.9. The molecule has 8 nitrogen and oxygen atoms in total. The second-order valence-electron chi connectivity index (χ2n) is 3.86. The van der Waals surface area contributed by atoms with E-state index >= 15 is 0 Å². The number of anilines is 1. The van der Waals surface area contributed by atoms with Gasteiger partial charge in [0.1, 0.15) is 17.9 Å². The van der Waals surface area contributed by atoms with Gasteiger partial charge in [0, 0.05) is 7.05 Å². The summed E-state index contributed by atoms with van der Waals surface area (Å²) in [7, 11) is 1.65. The van der Waals surface area contributed by atoms with Crippen molar-refractivity contribution in [2.75, 3.05) is 25.1 Å². The monoisotopic (exact) mass is 314 g/mol. The third-order valence-corrected chi connectivity index (χ3v) is 2.61. The third kappa shape index (κ3) is 5.03. The quantitative estimate of drug-likeness (QED) is 0.577. The van der Waals surface area contributed by atoms with Crippen molar-refractivity contribution in [2.24, 2.45) is 7.05 Å². The summed E-state index contributed by atoms with van der Waals surface area (Å²) in [5.74, 6) is -0.534. The molecule has 21 heavy (non-hydrogen) atoms. The summed E-state index contributed by atoms with van der Waals surface area (Å²) >= 11 is 5.05. The molecule has 0 aliphatic carbocycles. The summed E-state index contributed by atoms with van der Waals surface area (Å²) in [4.78, 5) is 23.0. The van der Waals surface area contributed by atoms with E-state index < -0.39 is 11.9 Å². The Morgan fingerprint density at radius 3 is 2.62 bits per heavy atom. The van der Waals surface area contributed by atoms with Gasteiger partial charge in [-0.25, -0.2) is 4.79 Å². The SMILES string of the molecule is CCOC(=O)CNC(=S)Nc1c(C(=O)OCC)cnn1C. The smallest absolute Gasteiger partial charge is 0.343 e. The topological polar surface area (TPSA) is 94.5 Å². The van der Waals surface area contributed by atoms with Crippen molar-refractivity contribution in [1.82, 2.24) is 15.1 Å². The number of nitrogens with one attached hydrogen (secondary N) is 2. The molecule has 0 saturated carbocycles. The van der Waals surface area contributed by atoms with Crippen LogP contribution in [0, 0.1) is 0 Å². The Hall–Kier alpha value is -2.16. The van der Waals surface area contributed by atoms with E-state index in [2.05, 4.69) is 15.7 Å². The van der Waals surface area contributed by atoms with E-state index in [4.69, 9.17) is 21.7 Å².